The molecule has 0 atom stereocenters. The van der Waals surface area contributed by atoms with Crippen LogP contribution in [0.15, 0.2) is 199 Å². The van der Waals surface area contributed by atoms with E-state index in [1.54, 1.807) is 0 Å². The van der Waals surface area contributed by atoms with Crippen molar-refractivity contribution in [2.24, 2.45) is 0 Å². The van der Waals surface area contributed by atoms with Gasteiger partial charge in [-0.2, -0.15) is 0 Å². The van der Waals surface area contributed by atoms with Crippen molar-refractivity contribution in [3.05, 3.63) is 194 Å². The standard InChI is InChI=1S/C52H32N2OS/c1-3-12-33(13-4-1)38-28-39(41-18-11-19-44-42-16-7-9-20-48(42)55-51(41)44)30-40(29-38)47-32-46(53-52(54-47)36-14-5-2-6-15-36)35-24-22-34(23-25-35)37-26-27-50-45(31-37)43-17-8-10-21-49(43)56-50/h1-32H. The molecule has 4 heteroatoms. The van der Waals surface area contributed by atoms with Gasteiger partial charge in [0.05, 0.1) is 11.4 Å². The highest BCUT2D eigenvalue weighted by Crippen LogP contribution is 2.40. The van der Waals surface area contributed by atoms with E-state index >= 15 is 0 Å². The lowest BCUT2D eigenvalue weighted by molar-refractivity contribution is 0.670. The molecule has 56 heavy (non-hydrogen) atoms. The van der Waals surface area contributed by atoms with Crippen molar-refractivity contribution >= 4 is 53.4 Å². The van der Waals surface area contributed by atoms with Crippen LogP contribution in [0.4, 0.5) is 0 Å². The Bertz CT molecular complexity index is 3240. The quantitative estimate of drug-likeness (QED) is 0.171. The number of para-hydroxylation sites is 2. The Morgan fingerprint density at radius 3 is 1.75 bits per heavy atom. The van der Waals surface area contributed by atoms with Crippen LogP contribution in [0, 0.1) is 0 Å². The Balaban J connectivity index is 1.06. The van der Waals surface area contributed by atoms with Gasteiger partial charge in [0, 0.05) is 53.2 Å². The Morgan fingerprint density at radius 1 is 0.339 bits per heavy atom. The second-order valence-corrected chi connectivity index (χ2v) is 15.2. The minimum absolute atomic E-state index is 0.683. The summed E-state index contributed by atoms with van der Waals surface area (Å²) in [4.78, 5) is 10.4. The molecule has 11 aromatic rings. The van der Waals surface area contributed by atoms with E-state index in [-0.39, 0.29) is 0 Å². The third-order valence-electron chi connectivity index (χ3n) is 10.7. The lowest BCUT2D eigenvalue weighted by Crippen LogP contribution is -1.96. The van der Waals surface area contributed by atoms with Gasteiger partial charge in [-0.15, -0.1) is 11.3 Å². The third-order valence-corrected chi connectivity index (χ3v) is 11.9. The summed E-state index contributed by atoms with van der Waals surface area (Å²) in [6, 6.07) is 68.5. The fourth-order valence-electron chi connectivity index (χ4n) is 7.90. The van der Waals surface area contributed by atoms with Crippen LogP contribution in [0.25, 0.3) is 109 Å². The highest BCUT2D eigenvalue weighted by molar-refractivity contribution is 7.25. The summed E-state index contributed by atoms with van der Waals surface area (Å²) < 4.78 is 9.16. The number of hydrogen-bond donors (Lipinski definition) is 0. The van der Waals surface area contributed by atoms with Gasteiger partial charge in [-0.25, -0.2) is 9.97 Å². The SMILES string of the molecule is c1ccc(-c2cc(-c3cc(-c4ccc(-c5ccc6sc7ccccc7c6c5)cc4)nc(-c4ccccc4)n3)cc(-c3cccc4c3oc3ccccc34)c2)cc1. The van der Waals surface area contributed by atoms with Crippen molar-refractivity contribution in [2.45, 2.75) is 0 Å². The Morgan fingerprint density at radius 2 is 0.929 bits per heavy atom. The summed E-state index contributed by atoms with van der Waals surface area (Å²) in [5.41, 5.74) is 13.2. The first-order valence-corrected chi connectivity index (χ1v) is 19.6. The van der Waals surface area contributed by atoms with Gasteiger partial charge >= 0.3 is 0 Å². The van der Waals surface area contributed by atoms with Crippen molar-refractivity contribution in [2.75, 3.05) is 0 Å². The Labute approximate surface area is 327 Å². The molecule has 3 aromatic heterocycles. The maximum Gasteiger partial charge on any atom is 0.160 e. The number of benzene rings is 8. The van der Waals surface area contributed by atoms with Crippen LogP contribution in [-0.2, 0) is 0 Å². The van der Waals surface area contributed by atoms with Crippen molar-refractivity contribution in [3.63, 3.8) is 0 Å². The maximum atomic E-state index is 6.54. The monoisotopic (exact) mass is 732 g/mol. The van der Waals surface area contributed by atoms with E-state index in [1.807, 2.05) is 41.7 Å². The van der Waals surface area contributed by atoms with Crippen molar-refractivity contribution in [3.8, 4) is 67.3 Å². The van der Waals surface area contributed by atoms with E-state index in [9.17, 15) is 0 Å². The second kappa shape index (κ2) is 13.3. The minimum Gasteiger partial charge on any atom is -0.455 e. The summed E-state index contributed by atoms with van der Waals surface area (Å²) in [5, 5.41) is 4.83. The van der Waals surface area contributed by atoms with Crippen molar-refractivity contribution in [1.82, 2.24) is 9.97 Å². The Kier molecular flexibility index (Phi) is 7.68. The smallest absolute Gasteiger partial charge is 0.160 e. The van der Waals surface area contributed by atoms with E-state index in [0.29, 0.717) is 5.82 Å². The van der Waals surface area contributed by atoms with E-state index in [1.165, 1.54) is 31.3 Å². The average Bonchev–Trinajstić information content (AvgIpc) is 3.85. The molecule has 11 rings (SSSR count). The van der Waals surface area contributed by atoms with Gasteiger partial charge in [-0.3, -0.25) is 0 Å². The summed E-state index contributed by atoms with van der Waals surface area (Å²) in [6.45, 7) is 0. The molecule has 0 unspecified atom stereocenters. The first-order valence-electron chi connectivity index (χ1n) is 18.8. The molecule has 8 aromatic carbocycles. The molecule has 0 amide bonds. The Hall–Kier alpha value is -7.14. The van der Waals surface area contributed by atoms with Crippen molar-refractivity contribution < 1.29 is 4.42 Å². The fraction of sp³-hybridized carbons (Fsp3) is 0. The largest absolute Gasteiger partial charge is 0.455 e. The van der Waals surface area contributed by atoms with Crippen LogP contribution in [0.5, 0.6) is 0 Å². The lowest BCUT2D eigenvalue weighted by atomic mass is 9.93. The normalized spacial score (nSPS) is 11.6. The zero-order valence-electron chi connectivity index (χ0n) is 30.2. The highest BCUT2D eigenvalue weighted by Gasteiger charge is 2.17. The molecular weight excluding hydrogens is 701 g/mol. The first-order chi connectivity index (χ1) is 27.7. The summed E-state index contributed by atoms with van der Waals surface area (Å²) in [5.74, 6) is 0.683. The molecule has 262 valence electrons. The van der Waals surface area contributed by atoms with Crippen LogP contribution in [0.2, 0.25) is 0 Å². The maximum absolute atomic E-state index is 6.54. The number of hydrogen-bond acceptors (Lipinski definition) is 4. The number of rotatable bonds is 6. The van der Waals surface area contributed by atoms with Crippen molar-refractivity contribution in [1.29, 1.82) is 0 Å². The third kappa shape index (κ3) is 5.67. The molecule has 0 saturated carbocycles. The van der Waals surface area contributed by atoms with E-state index in [4.69, 9.17) is 14.4 Å². The summed E-state index contributed by atoms with van der Waals surface area (Å²) in [6.07, 6.45) is 0. The van der Waals surface area contributed by atoms with Gasteiger partial charge in [0.2, 0.25) is 0 Å². The van der Waals surface area contributed by atoms with Crippen LogP contribution < -0.4 is 0 Å². The topological polar surface area (TPSA) is 38.9 Å². The molecule has 0 aliphatic rings. The van der Waals surface area contributed by atoms with E-state index < -0.39 is 0 Å². The fourth-order valence-corrected chi connectivity index (χ4v) is 8.99. The molecule has 0 saturated heterocycles. The van der Waals surface area contributed by atoms with Gasteiger partial charge in [0.25, 0.3) is 0 Å². The van der Waals surface area contributed by atoms with Crippen LogP contribution >= 0.6 is 11.3 Å². The molecule has 0 aliphatic heterocycles. The average molecular weight is 733 g/mol. The van der Waals surface area contributed by atoms with Gasteiger partial charge in [0.1, 0.15) is 11.2 Å². The van der Waals surface area contributed by atoms with E-state index in [0.717, 1.165) is 72.3 Å². The van der Waals surface area contributed by atoms with Gasteiger partial charge in [-0.1, -0.05) is 146 Å². The zero-order chi connectivity index (χ0) is 37.0. The molecule has 0 bridgehead atoms. The first kappa shape index (κ1) is 32.3. The number of furan rings is 1. The minimum atomic E-state index is 0.683. The predicted octanol–water partition coefficient (Wildman–Crippen LogP) is 14.7. The van der Waals surface area contributed by atoms with Crippen LogP contribution in [0.3, 0.4) is 0 Å². The lowest BCUT2D eigenvalue weighted by Gasteiger charge is -2.13. The van der Waals surface area contributed by atoms with Gasteiger partial charge in [0.15, 0.2) is 5.82 Å². The van der Waals surface area contributed by atoms with Gasteiger partial charge in [-0.05, 0) is 76.3 Å². The number of thiophene rings is 1. The molecule has 0 N–H and O–H groups in total. The molecule has 0 fully saturated rings. The zero-order valence-corrected chi connectivity index (χ0v) is 31.0. The van der Waals surface area contributed by atoms with Gasteiger partial charge < -0.3 is 4.42 Å². The summed E-state index contributed by atoms with van der Waals surface area (Å²) >= 11 is 1.85. The molecule has 3 nitrogen and oxygen atoms in total. The highest BCUT2D eigenvalue weighted by atomic mass is 32.1. The van der Waals surface area contributed by atoms with E-state index in [2.05, 4.69) is 164 Å². The second-order valence-electron chi connectivity index (χ2n) is 14.2. The van der Waals surface area contributed by atoms with Crippen LogP contribution in [-0.4, -0.2) is 9.97 Å². The molecule has 3 heterocycles. The number of aromatic nitrogens is 2. The number of nitrogens with zero attached hydrogens (tertiary/aromatic N) is 2. The molecule has 0 radical (unpaired) electrons. The predicted molar refractivity (Wildman–Crippen MR) is 235 cm³/mol. The summed E-state index contributed by atoms with van der Waals surface area (Å²) in [7, 11) is 0. The molecule has 0 spiro atoms. The molecular formula is C52H32N2OS. The molecule has 0 aliphatic carbocycles. The van der Waals surface area contributed by atoms with Crippen LogP contribution in [0.1, 0.15) is 0 Å². The number of fused-ring (bicyclic) bond motifs is 6.